The summed E-state index contributed by atoms with van der Waals surface area (Å²) in [4.78, 5) is 25.1. The molecule has 7 atom stereocenters. The summed E-state index contributed by atoms with van der Waals surface area (Å²) in [6, 6.07) is 0. The maximum absolute atomic E-state index is 13.3. The summed E-state index contributed by atoms with van der Waals surface area (Å²) in [7, 11) is 0. The number of hydrogen-bond donors (Lipinski definition) is 1. The lowest BCUT2D eigenvalue weighted by Gasteiger charge is -2.44. The minimum Gasteiger partial charge on any atom is -0.462 e. The van der Waals surface area contributed by atoms with Crippen molar-refractivity contribution in [1.82, 2.24) is 0 Å². The third kappa shape index (κ3) is 5.30. The van der Waals surface area contributed by atoms with Crippen LogP contribution < -0.4 is 0 Å². The fourth-order valence-electron chi connectivity index (χ4n) is 6.08. The number of aliphatic hydroxyl groups excluding tert-OH is 1. The molecule has 5 nitrogen and oxygen atoms in total. The lowest BCUT2D eigenvalue weighted by atomic mass is 9.65. The Kier molecular flexibility index (Phi) is 8.24. The van der Waals surface area contributed by atoms with Crippen LogP contribution in [0.15, 0.2) is 23.8 Å². The van der Waals surface area contributed by atoms with E-state index < -0.39 is 11.5 Å². The van der Waals surface area contributed by atoms with Gasteiger partial charge in [0.15, 0.2) is 0 Å². The summed E-state index contributed by atoms with van der Waals surface area (Å²) in [5.41, 5.74) is 0.878. The molecule has 0 saturated carbocycles. The summed E-state index contributed by atoms with van der Waals surface area (Å²) in [5.74, 6) is 0.847. The van der Waals surface area contributed by atoms with Crippen molar-refractivity contribution in [3.63, 3.8) is 0 Å². The number of aliphatic hydroxyl groups is 1. The van der Waals surface area contributed by atoms with E-state index in [0.717, 1.165) is 38.5 Å². The van der Waals surface area contributed by atoms with Crippen LogP contribution in [0.5, 0.6) is 0 Å². The Balaban J connectivity index is 1.78. The Bertz CT molecular complexity index is 726. The Labute approximate surface area is 193 Å². The van der Waals surface area contributed by atoms with E-state index in [-0.39, 0.29) is 36.5 Å². The van der Waals surface area contributed by atoms with Gasteiger partial charge in [0, 0.05) is 12.3 Å². The van der Waals surface area contributed by atoms with Crippen molar-refractivity contribution in [1.29, 1.82) is 0 Å². The molecular formula is C27H42O5. The molecule has 180 valence electrons. The third-order valence-electron chi connectivity index (χ3n) is 8.37. The first-order chi connectivity index (χ1) is 15.2. The molecule has 0 aromatic carbocycles. The molecule has 7 unspecified atom stereocenters. The van der Waals surface area contributed by atoms with Gasteiger partial charge in [-0.25, -0.2) is 0 Å². The van der Waals surface area contributed by atoms with E-state index in [1.807, 2.05) is 0 Å². The highest BCUT2D eigenvalue weighted by molar-refractivity contribution is 5.77. The second-order valence-corrected chi connectivity index (χ2v) is 10.4. The monoisotopic (exact) mass is 446 g/mol. The van der Waals surface area contributed by atoms with Crippen LogP contribution in [-0.4, -0.2) is 35.4 Å². The number of esters is 2. The van der Waals surface area contributed by atoms with Crippen molar-refractivity contribution >= 4 is 11.9 Å². The number of allylic oxidation sites excluding steroid dienone is 3. The molecule has 1 heterocycles. The fraction of sp³-hybridized carbons (Fsp3) is 0.778. The average Bonchev–Trinajstić information content (AvgIpc) is 2.74. The predicted molar refractivity (Wildman–Crippen MR) is 125 cm³/mol. The molecule has 5 heteroatoms. The second-order valence-electron chi connectivity index (χ2n) is 10.4. The van der Waals surface area contributed by atoms with Gasteiger partial charge in [-0.15, -0.1) is 0 Å². The van der Waals surface area contributed by atoms with Gasteiger partial charge in [-0.1, -0.05) is 52.8 Å². The summed E-state index contributed by atoms with van der Waals surface area (Å²) >= 11 is 0. The van der Waals surface area contributed by atoms with Crippen molar-refractivity contribution in [3.8, 4) is 0 Å². The zero-order chi connectivity index (χ0) is 23.5. The van der Waals surface area contributed by atoms with Crippen molar-refractivity contribution < 1.29 is 24.2 Å². The second kappa shape index (κ2) is 10.5. The largest absolute Gasteiger partial charge is 0.462 e. The first-order valence-electron chi connectivity index (χ1n) is 12.7. The van der Waals surface area contributed by atoms with Gasteiger partial charge in [-0.05, 0) is 61.9 Å². The van der Waals surface area contributed by atoms with E-state index in [1.54, 1.807) is 0 Å². The maximum Gasteiger partial charge on any atom is 0.312 e. The predicted octanol–water partition coefficient (Wildman–Crippen LogP) is 5.37. The van der Waals surface area contributed by atoms with Crippen LogP contribution >= 0.6 is 0 Å². The van der Waals surface area contributed by atoms with Gasteiger partial charge in [0.2, 0.25) is 0 Å². The lowest BCUT2D eigenvalue weighted by Crippen LogP contribution is -2.44. The molecule has 1 saturated heterocycles. The van der Waals surface area contributed by atoms with E-state index in [2.05, 4.69) is 52.8 Å². The van der Waals surface area contributed by atoms with Crippen LogP contribution in [0.25, 0.3) is 0 Å². The van der Waals surface area contributed by atoms with Gasteiger partial charge in [0.25, 0.3) is 0 Å². The maximum atomic E-state index is 13.3. The highest BCUT2D eigenvalue weighted by atomic mass is 16.6. The quantitative estimate of drug-likeness (QED) is 0.508. The van der Waals surface area contributed by atoms with E-state index >= 15 is 0 Å². The van der Waals surface area contributed by atoms with Crippen LogP contribution in [0, 0.1) is 29.1 Å². The van der Waals surface area contributed by atoms with E-state index in [0.29, 0.717) is 24.2 Å². The van der Waals surface area contributed by atoms with Crippen molar-refractivity contribution in [2.75, 3.05) is 0 Å². The highest BCUT2D eigenvalue weighted by Gasteiger charge is 2.44. The molecule has 0 aromatic heterocycles. The number of rotatable bonds is 8. The Hall–Kier alpha value is -1.62. The number of ether oxygens (including phenoxy) is 2. The number of carbonyl (C=O) groups excluding carboxylic acids is 2. The minimum atomic E-state index is -0.602. The standard InChI is InChI=1S/C27H42O5/c1-6-27(7-2,8-3)26(30)32-23-14-17(4)13-19-10-9-18(5)22(25(19)23)12-11-21-15-20(28)16-24(29)31-21/h9-10,13,17-18,20-23,25,28H,6-8,11-12,14-16H2,1-5H3. The van der Waals surface area contributed by atoms with Gasteiger partial charge in [0.1, 0.15) is 12.2 Å². The molecule has 32 heavy (non-hydrogen) atoms. The molecule has 1 aliphatic heterocycles. The highest BCUT2D eigenvalue weighted by Crippen LogP contribution is 2.46. The fourth-order valence-corrected chi connectivity index (χ4v) is 6.08. The van der Waals surface area contributed by atoms with Gasteiger partial charge in [-0.2, -0.15) is 0 Å². The molecule has 0 bridgehead atoms. The molecule has 0 spiro atoms. The van der Waals surface area contributed by atoms with E-state index in [9.17, 15) is 14.7 Å². The van der Waals surface area contributed by atoms with Gasteiger partial charge in [0.05, 0.1) is 17.9 Å². The smallest absolute Gasteiger partial charge is 0.312 e. The number of cyclic esters (lactones) is 1. The molecule has 1 fully saturated rings. The normalized spacial score (nSPS) is 35.0. The Morgan fingerprint density at radius 1 is 1.16 bits per heavy atom. The zero-order valence-electron chi connectivity index (χ0n) is 20.5. The molecule has 3 aliphatic rings. The van der Waals surface area contributed by atoms with Crippen molar-refractivity contribution in [2.24, 2.45) is 29.1 Å². The van der Waals surface area contributed by atoms with Gasteiger partial charge >= 0.3 is 11.9 Å². The molecule has 3 rings (SSSR count). The van der Waals surface area contributed by atoms with Gasteiger partial charge in [-0.3, -0.25) is 9.59 Å². The first kappa shape index (κ1) is 25.0. The van der Waals surface area contributed by atoms with Crippen LogP contribution in [0.3, 0.4) is 0 Å². The average molecular weight is 447 g/mol. The molecular weight excluding hydrogens is 404 g/mol. The SMILES string of the molecule is CCC(CC)(CC)C(=O)OC1CC(C)C=C2C=CC(C)C(CCC3CC(O)CC(=O)O3)C21. The van der Waals surface area contributed by atoms with E-state index in [1.165, 1.54) is 5.57 Å². The van der Waals surface area contributed by atoms with Crippen molar-refractivity contribution in [3.05, 3.63) is 23.8 Å². The molecule has 2 aliphatic carbocycles. The van der Waals surface area contributed by atoms with Crippen LogP contribution in [0.1, 0.15) is 86.0 Å². The summed E-state index contributed by atoms with van der Waals surface area (Å²) in [5, 5.41) is 9.96. The Morgan fingerprint density at radius 2 is 1.84 bits per heavy atom. The Morgan fingerprint density at radius 3 is 2.47 bits per heavy atom. The number of hydrogen-bond acceptors (Lipinski definition) is 5. The first-order valence-corrected chi connectivity index (χ1v) is 12.7. The molecule has 0 radical (unpaired) electrons. The zero-order valence-corrected chi connectivity index (χ0v) is 20.5. The minimum absolute atomic E-state index is 0.0475. The summed E-state index contributed by atoms with van der Waals surface area (Å²) in [6.45, 7) is 10.7. The molecule has 0 amide bonds. The number of fused-ring (bicyclic) bond motifs is 1. The third-order valence-corrected chi connectivity index (χ3v) is 8.37. The number of carbonyl (C=O) groups is 2. The van der Waals surface area contributed by atoms with Crippen LogP contribution in [0.2, 0.25) is 0 Å². The van der Waals surface area contributed by atoms with Crippen molar-refractivity contribution in [2.45, 2.75) is 104 Å². The van der Waals surface area contributed by atoms with Gasteiger partial charge < -0.3 is 14.6 Å². The summed E-state index contributed by atoms with van der Waals surface area (Å²) < 4.78 is 11.8. The topological polar surface area (TPSA) is 72.8 Å². The van der Waals surface area contributed by atoms with Crippen LogP contribution in [0.4, 0.5) is 0 Å². The molecule has 1 N–H and O–H groups in total. The lowest BCUT2D eigenvalue weighted by molar-refractivity contribution is -0.168. The molecule has 0 aromatic rings. The van der Waals surface area contributed by atoms with E-state index in [4.69, 9.17) is 9.47 Å². The van der Waals surface area contributed by atoms with Crippen LogP contribution in [-0.2, 0) is 19.1 Å². The summed E-state index contributed by atoms with van der Waals surface area (Å²) in [6.07, 6.45) is 11.3.